The second-order valence-corrected chi connectivity index (χ2v) is 4.79. The van der Waals surface area contributed by atoms with Crippen molar-refractivity contribution in [2.75, 3.05) is 6.61 Å². The topological polar surface area (TPSA) is 38.3 Å². The molecule has 0 aromatic heterocycles. The van der Waals surface area contributed by atoms with Gasteiger partial charge in [0.15, 0.2) is 0 Å². The van der Waals surface area contributed by atoms with Crippen LogP contribution in [-0.2, 0) is 0 Å². The van der Waals surface area contributed by atoms with Gasteiger partial charge in [0.2, 0.25) is 0 Å². The summed E-state index contributed by atoms with van der Waals surface area (Å²) in [5.41, 5.74) is 0. The number of nitrogens with one attached hydrogen (secondary N) is 1. The fourth-order valence-corrected chi connectivity index (χ4v) is 1.97. The highest BCUT2D eigenvalue weighted by molar-refractivity contribution is 8.13. The third-order valence-electron chi connectivity index (χ3n) is 2.07. The molecule has 4 heteroatoms. The SMILES string of the molecule is C#CC(C)NC(=O)Sc1cccc(OCCC)c1. The van der Waals surface area contributed by atoms with Gasteiger partial charge in [-0.1, -0.05) is 18.9 Å². The molecular weight excluding hydrogens is 246 g/mol. The smallest absolute Gasteiger partial charge is 0.284 e. The molecule has 1 aromatic rings. The van der Waals surface area contributed by atoms with Crippen molar-refractivity contribution in [2.45, 2.75) is 31.2 Å². The molecule has 0 fully saturated rings. The number of amides is 1. The zero-order chi connectivity index (χ0) is 13.4. The van der Waals surface area contributed by atoms with E-state index in [2.05, 4.69) is 11.2 Å². The van der Waals surface area contributed by atoms with Crippen LogP contribution in [0, 0.1) is 12.3 Å². The van der Waals surface area contributed by atoms with Crippen LogP contribution in [0.25, 0.3) is 0 Å². The summed E-state index contributed by atoms with van der Waals surface area (Å²) in [6.45, 7) is 4.49. The van der Waals surface area contributed by atoms with E-state index in [1.807, 2.05) is 31.2 Å². The van der Waals surface area contributed by atoms with Gasteiger partial charge in [-0.3, -0.25) is 4.79 Å². The van der Waals surface area contributed by atoms with E-state index in [4.69, 9.17) is 11.2 Å². The fourth-order valence-electron chi connectivity index (χ4n) is 1.20. The van der Waals surface area contributed by atoms with E-state index in [1.165, 1.54) is 0 Å². The van der Waals surface area contributed by atoms with Crippen LogP contribution in [0.15, 0.2) is 29.2 Å². The maximum atomic E-state index is 11.6. The maximum Gasteiger partial charge on any atom is 0.284 e. The van der Waals surface area contributed by atoms with Gasteiger partial charge < -0.3 is 10.1 Å². The average molecular weight is 263 g/mol. The van der Waals surface area contributed by atoms with Gasteiger partial charge in [-0.05, 0) is 43.3 Å². The third kappa shape index (κ3) is 5.15. The second-order valence-electron chi connectivity index (χ2n) is 3.75. The molecule has 18 heavy (non-hydrogen) atoms. The van der Waals surface area contributed by atoms with Crippen molar-refractivity contribution >= 4 is 17.0 Å². The first-order chi connectivity index (χ1) is 8.65. The summed E-state index contributed by atoms with van der Waals surface area (Å²) in [5, 5.41) is 2.53. The van der Waals surface area contributed by atoms with E-state index in [9.17, 15) is 4.79 Å². The molecule has 1 N–H and O–H groups in total. The highest BCUT2D eigenvalue weighted by atomic mass is 32.2. The zero-order valence-electron chi connectivity index (χ0n) is 10.6. The molecular formula is C14H17NO2S. The van der Waals surface area contributed by atoms with Gasteiger partial charge in [0.05, 0.1) is 12.6 Å². The molecule has 1 amide bonds. The summed E-state index contributed by atoms with van der Waals surface area (Å²) < 4.78 is 5.50. The Kier molecular flexibility index (Phi) is 6.16. The third-order valence-corrected chi connectivity index (χ3v) is 2.87. The first-order valence-corrected chi connectivity index (χ1v) is 6.64. The molecule has 0 aliphatic rings. The second kappa shape index (κ2) is 7.67. The van der Waals surface area contributed by atoms with Crippen molar-refractivity contribution in [3.63, 3.8) is 0 Å². The molecule has 0 spiro atoms. The Bertz CT molecular complexity index is 440. The van der Waals surface area contributed by atoms with Crippen LogP contribution in [0.1, 0.15) is 20.3 Å². The Labute approximate surface area is 112 Å². The number of carbonyl (C=O) groups excluding carboxylic acids is 1. The maximum absolute atomic E-state index is 11.6. The van der Waals surface area contributed by atoms with Crippen LogP contribution >= 0.6 is 11.8 Å². The summed E-state index contributed by atoms with van der Waals surface area (Å²) in [6.07, 6.45) is 6.15. The molecule has 1 rings (SSSR count). The number of rotatable bonds is 5. The molecule has 0 aliphatic carbocycles. The standard InChI is InChI=1S/C14H17NO2S/c1-4-9-17-12-7-6-8-13(10-12)18-14(16)15-11(3)5-2/h2,6-8,10-11H,4,9H2,1,3H3,(H,15,16). The van der Waals surface area contributed by atoms with E-state index in [-0.39, 0.29) is 11.3 Å². The van der Waals surface area contributed by atoms with Gasteiger partial charge >= 0.3 is 0 Å². The molecule has 1 unspecified atom stereocenters. The highest BCUT2D eigenvalue weighted by Gasteiger charge is 2.07. The molecule has 0 saturated carbocycles. The molecule has 1 atom stereocenters. The molecule has 0 heterocycles. The van der Waals surface area contributed by atoms with Crippen molar-refractivity contribution in [2.24, 2.45) is 0 Å². The summed E-state index contributed by atoms with van der Waals surface area (Å²) >= 11 is 1.11. The lowest BCUT2D eigenvalue weighted by Gasteiger charge is -2.08. The van der Waals surface area contributed by atoms with Gasteiger partial charge in [-0.15, -0.1) is 6.42 Å². The number of benzene rings is 1. The minimum absolute atomic E-state index is 0.159. The largest absolute Gasteiger partial charge is 0.494 e. The highest BCUT2D eigenvalue weighted by Crippen LogP contribution is 2.23. The molecule has 3 nitrogen and oxygen atoms in total. The van der Waals surface area contributed by atoms with Gasteiger partial charge in [-0.2, -0.15) is 0 Å². The number of carbonyl (C=O) groups is 1. The van der Waals surface area contributed by atoms with Gasteiger partial charge in [0.25, 0.3) is 5.24 Å². The summed E-state index contributed by atoms with van der Waals surface area (Å²) in [5.74, 6) is 3.23. The Balaban J connectivity index is 2.56. The average Bonchev–Trinajstić information content (AvgIpc) is 2.36. The molecule has 0 bridgehead atoms. The Morgan fingerprint density at radius 2 is 2.39 bits per heavy atom. The lowest BCUT2D eigenvalue weighted by atomic mass is 10.3. The Hall–Kier alpha value is -1.60. The van der Waals surface area contributed by atoms with E-state index in [0.29, 0.717) is 6.61 Å². The minimum atomic E-state index is -0.260. The number of hydrogen-bond acceptors (Lipinski definition) is 3. The number of terminal acetylenes is 1. The van der Waals surface area contributed by atoms with Crippen LogP contribution in [0.3, 0.4) is 0 Å². The van der Waals surface area contributed by atoms with Gasteiger partial charge in [0.1, 0.15) is 5.75 Å². The lowest BCUT2D eigenvalue weighted by Crippen LogP contribution is -2.27. The van der Waals surface area contributed by atoms with Crippen molar-refractivity contribution in [1.82, 2.24) is 5.32 Å². The van der Waals surface area contributed by atoms with Crippen LogP contribution in [-0.4, -0.2) is 17.9 Å². The molecule has 1 aromatic carbocycles. The molecule has 96 valence electrons. The fraction of sp³-hybridized carbons (Fsp3) is 0.357. The van der Waals surface area contributed by atoms with Crippen molar-refractivity contribution in [1.29, 1.82) is 0 Å². The predicted molar refractivity (Wildman–Crippen MR) is 74.9 cm³/mol. The van der Waals surface area contributed by atoms with Crippen LogP contribution in [0.2, 0.25) is 0 Å². The van der Waals surface area contributed by atoms with E-state index in [0.717, 1.165) is 28.8 Å². The molecule has 0 radical (unpaired) electrons. The minimum Gasteiger partial charge on any atom is -0.494 e. The number of ether oxygens (including phenoxy) is 1. The Morgan fingerprint density at radius 1 is 1.61 bits per heavy atom. The quantitative estimate of drug-likeness (QED) is 0.654. The van der Waals surface area contributed by atoms with Crippen molar-refractivity contribution in [3.05, 3.63) is 24.3 Å². The van der Waals surface area contributed by atoms with Crippen LogP contribution in [0.5, 0.6) is 5.75 Å². The zero-order valence-corrected chi connectivity index (χ0v) is 11.4. The monoisotopic (exact) mass is 263 g/mol. The van der Waals surface area contributed by atoms with E-state index < -0.39 is 0 Å². The van der Waals surface area contributed by atoms with E-state index >= 15 is 0 Å². The summed E-state index contributed by atoms with van der Waals surface area (Å²) in [6, 6.07) is 7.20. The van der Waals surface area contributed by atoms with Crippen LogP contribution < -0.4 is 10.1 Å². The summed E-state index contributed by atoms with van der Waals surface area (Å²) in [4.78, 5) is 12.5. The number of hydrogen-bond donors (Lipinski definition) is 1. The first kappa shape index (κ1) is 14.5. The number of thioether (sulfide) groups is 1. The molecule has 0 aliphatic heterocycles. The van der Waals surface area contributed by atoms with Crippen molar-refractivity contribution in [3.8, 4) is 18.1 Å². The predicted octanol–water partition coefficient (Wildman–Crippen LogP) is 3.30. The Morgan fingerprint density at radius 3 is 3.06 bits per heavy atom. The first-order valence-electron chi connectivity index (χ1n) is 5.83. The van der Waals surface area contributed by atoms with Gasteiger partial charge in [0, 0.05) is 4.90 Å². The molecule has 0 saturated heterocycles. The van der Waals surface area contributed by atoms with E-state index in [1.54, 1.807) is 6.92 Å². The van der Waals surface area contributed by atoms with Crippen LogP contribution in [0.4, 0.5) is 4.79 Å². The van der Waals surface area contributed by atoms with Crippen molar-refractivity contribution < 1.29 is 9.53 Å². The lowest BCUT2D eigenvalue weighted by molar-refractivity contribution is 0.260. The van der Waals surface area contributed by atoms with Gasteiger partial charge in [-0.25, -0.2) is 0 Å². The normalized spacial score (nSPS) is 11.4. The summed E-state index contributed by atoms with van der Waals surface area (Å²) in [7, 11) is 0.